The van der Waals surface area contributed by atoms with E-state index >= 15 is 0 Å². The van der Waals surface area contributed by atoms with Gasteiger partial charge in [0.1, 0.15) is 13.2 Å². The van der Waals surface area contributed by atoms with Gasteiger partial charge in [0, 0.05) is 23.4 Å². The smallest absolute Gasteiger partial charge is 0.242 e. The molecule has 1 aromatic heterocycles. The number of thiophene rings is 1. The van der Waals surface area contributed by atoms with Crippen molar-refractivity contribution in [2.24, 2.45) is 5.92 Å². The lowest BCUT2D eigenvalue weighted by atomic mass is 10.00. The maximum absolute atomic E-state index is 13.5. The minimum absolute atomic E-state index is 0.0126. The predicted molar refractivity (Wildman–Crippen MR) is 127 cm³/mol. The molecule has 1 aliphatic heterocycles. The van der Waals surface area contributed by atoms with E-state index < -0.39 is 0 Å². The van der Waals surface area contributed by atoms with Crippen LogP contribution in [0.4, 0.5) is 0 Å². The molecule has 0 saturated carbocycles. The number of amides is 2. The number of carbonyl (C=O) groups excluding carboxylic acids is 2. The molecule has 6 nitrogen and oxygen atoms in total. The molecule has 0 bridgehead atoms. The Bertz CT molecular complexity index is 926. The summed E-state index contributed by atoms with van der Waals surface area (Å²) in [7, 11) is 1.62. The van der Waals surface area contributed by atoms with Crippen LogP contribution >= 0.6 is 11.3 Å². The number of hydrogen-bond donors (Lipinski definition) is 0. The first-order valence-corrected chi connectivity index (χ1v) is 12.2. The molecule has 2 heterocycles. The fourth-order valence-corrected chi connectivity index (χ4v) is 4.95. The lowest BCUT2D eigenvalue weighted by molar-refractivity contribution is -0.146. The molecule has 32 heavy (non-hydrogen) atoms. The fourth-order valence-electron chi connectivity index (χ4n) is 4.02. The van der Waals surface area contributed by atoms with Gasteiger partial charge in [0.05, 0.1) is 13.2 Å². The lowest BCUT2D eigenvalue weighted by Crippen LogP contribution is -2.50. The monoisotopic (exact) mass is 458 g/mol. The third-order valence-corrected chi connectivity index (χ3v) is 7.08. The van der Waals surface area contributed by atoms with Crippen molar-refractivity contribution < 1.29 is 19.1 Å². The van der Waals surface area contributed by atoms with Crippen molar-refractivity contribution in [1.82, 2.24) is 9.80 Å². The largest absolute Gasteiger partial charge is 0.493 e. The third kappa shape index (κ3) is 5.26. The minimum atomic E-state index is -0.199. The summed E-state index contributed by atoms with van der Waals surface area (Å²) in [4.78, 5) is 31.2. The predicted octanol–water partition coefficient (Wildman–Crippen LogP) is 4.54. The van der Waals surface area contributed by atoms with Crippen LogP contribution in [0, 0.1) is 5.92 Å². The lowest BCUT2D eigenvalue weighted by Gasteiger charge is -2.38. The van der Waals surface area contributed by atoms with Crippen LogP contribution in [0.15, 0.2) is 35.7 Å². The quantitative estimate of drug-likeness (QED) is 0.553. The molecule has 174 valence electrons. The zero-order chi connectivity index (χ0) is 23.3. The van der Waals surface area contributed by atoms with Crippen molar-refractivity contribution in [2.45, 2.75) is 52.6 Å². The van der Waals surface area contributed by atoms with E-state index in [1.165, 1.54) is 4.88 Å². The second-order valence-electron chi connectivity index (χ2n) is 8.49. The first-order chi connectivity index (χ1) is 15.4. The molecule has 0 radical (unpaired) electrons. The van der Waals surface area contributed by atoms with E-state index in [-0.39, 0.29) is 36.4 Å². The van der Waals surface area contributed by atoms with E-state index in [4.69, 9.17) is 9.47 Å². The van der Waals surface area contributed by atoms with Crippen molar-refractivity contribution in [1.29, 1.82) is 0 Å². The SMILES string of the molecule is CC[C@@H](C)N(CC(=O)N1CCc2sccc2[C@@H]1COc1ccccc1OC)C(=O)C(C)C. The minimum Gasteiger partial charge on any atom is -0.493 e. The average Bonchev–Trinajstić information content (AvgIpc) is 3.29. The maximum Gasteiger partial charge on any atom is 0.242 e. The van der Waals surface area contributed by atoms with Crippen molar-refractivity contribution in [3.05, 3.63) is 46.2 Å². The number of carbonyl (C=O) groups is 2. The highest BCUT2D eigenvalue weighted by molar-refractivity contribution is 7.10. The molecule has 2 atom stereocenters. The van der Waals surface area contributed by atoms with E-state index in [1.54, 1.807) is 23.3 Å². The number of para-hydroxylation sites is 2. The number of benzene rings is 1. The summed E-state index contributed by atoms with van der Waals surface area (Å²) in [6.45, 7) is 8.85. The van der Waals surface area contributed by atoms with Gasteiger partial charge in [0.15, 0.2) is 11.5 Å². The summed E-state index contributed by atoms with van der Waals surface area (Å²) in [6.07, 6.45) is 1.63. The van der Waals surface area contributed by atoms with Gasteiger partial charge < -0.3 is 19.3 Å². The van der Waals surface area contributed by atoms with Gasteiger partial charge >= 0.3 is 0 Å². The Morgan fingerprint density at radius 2 is 1.91 bits per heavy atom. The summed E-state index contributed by atoms with van der Waals surface area (Å²) in [5.74, 6) is 1.15. The Morgan fingerprint density at radius 3 is 2.56 bits per heavy atom. The molecule has 0 aliphatic carbocycles. The summed E-state index contributed by atoms with van der Waals surface area (Å²) < 4.78 is 11.5. The van der Waals surface area contributed by atoms with Crippen LogP contribution in [0.25, 0.3) is 0 Å². The molecule has 0 fully saturated rings. The van der Waals surface area contributed by atoms with E-state index in [0.717, 1.165) is 18.4 Å². The second-order valence-corrected chi connectivity index (χ2v) is 9.49. The molecule has 0 N–H and O–H groups in total. The Morgan fingerprint density at radius 1 is 1.19 bits per heavy atom. The zero-order valence-electron chi connectivity index (χ0n) is 19.7. The van der Waals surface area contributed by atoms with Crippen LogP contribution in [-0.2, 0) is 16.0 Å². The summed E-state index contributed by atoms with van der Waals surface area (Å²) in [6, 6.07) is 9.42. The Hall–Kier alpha value is -2.54. The molecule has 7 heteroatoms. The van der Waals surface area contributed by atoms with Gasteiger partial charge in [0.2, 0.25) is 11.8 Å². The van der Waals surface area contributed by atoms with Gasteiger partial charge in [-0.25, -0.2) is 0 Å². The maximum atomic E-state index is 13.5. The van der Waals surface area contributed by atoms with Crippen LogP contribution in [0.1, 0.15) is 50.6 Å². The van der Waals surface area contributed by atoms with Gasteiger partial charge in [-0.2, -0.15) is 0 Å². The zero-order valence-corrected chi connectivity index (χ0v) is 20.5. The van der Waals surface area contributed by atoms with Crippen LogP contribution < -0.4 is 9.47 Å². The molecular formula is C25H34N2O4S. The molecular weight excluding hydrogens is 424 g/mol. The highest BCUT2D eigenvalue weighted by Crippen LogP contribution is 2.35. The van der Waals surface area contributed by atoms with Crippen molar-refractivity contribution >= 4 is 23.2 Å². The van der Waals surface area contributed by atoms with Crippen LogP contribution in [0.5, 0.6) is 11.5 Å². The normalized spacial score (nSPS) is 16.4. The standard InChI is InChI=1S/C25H34N2O4S/c1-6-18(4)27(25(29)17(2)3)15-24(28)26-13-11-23-19(12-14-32-23)20(26)16-31-22-10-8-7-9-21(22)30-5/h7-10,12,14,17-18,20H,6,11,13,15-16H2,1-5H3/t18-,20+/m1/s1. The number of ether oxygens (including phenoxy) is 2. The van der Waals surface area contributed by atoms with E-state index in [9.17, 15) is 9.59 Å². The van der Waals surface area contributed by atoms with Crippen molar-refractivity contribution in [3.63, 3.8) is 0 Å². The van der Waals surface area contributed by atoms with Crippen LogP contribution in [0.2, 0.25) is 0 Å². The van der Waals surface area contributed by atoms with E-state index in [0.29, 0.717) is 24.7 Å². The van der Waals surface area contributed by atoms with E-state index in [2.05, 4.69) is 11.4 Å². The van der Waals surface area contributed by atoms with Gasteiger partial charge in [-0.1, -0.05) is 32.9 Å². The van der Waals surface area contributed by atoms with Crippen LogP contribution in [0.3, 0.4) is 0 Å². The molecule has 2 amide bonds. The Kier molecular flexibility index (Phi) is 8.18. The second kappa shape index (κ2) is 10.9. The molecule has 0 spiro atoms. The number of rotatable bonds is 9. The first-order valence-electron chi connectivity index (χ1n) is 11.3. The van der Waals surface area contributed by atoms with E-state index in [1.807, 2.05) is 56.9 Å². The highest BCUT2D eigenvalue weighted by Gasteiger charge is 2.34. The van der Waals surface area contributed by atoms with Crippen molar-refractivity contribution in [3.8, 4) is 11.5 Å². The highest BCUT2D eigenvalue weighted by atomic mass is 32.1. The molecule has 0 unspecified atom stereocenters. The third-order valence-electron chi connectivity index (χ3n) is 6.09. The number of nitrogens with zero attached hydrogens (tertiary/aromatic N) is 2. The number of hydrogen-bond acceptors (Lipinski definition) is 5. The van der Waals surface area contributed by atoms with Gasteiger partial charge in [-0.3, -0.25) is 9.59 Å². The average molecular weight is 459 g/mol. The number of methoxy groups -OCH3 is 1. The first kappa shape index (κ1) is 24.1. The Balaban J connectivity index is 1.81. The molecule has 2 aromatic rings. The summed E-state index contributed by atoms with van der Waals surface area (Å²) >= 11 is 1.72. The Labute approximate surface area is 195 Å². The molecule has 1 aromatic carbocycles. The molecule has 1 aliphatic rings. The van der Waals surface area contributed by atoms with Crippen LogP contribution in [-0.4, -0.2) is 54.5 Å². The number of fused-ring (bicyclic) bond motifs is 1. The molecule has 3 rings (SSSR count). The topological polar surface area (TPSA) is 59.1 Å². The van der Waals surface area contributed by atoms with Crippen molar-refractivity contribution in [2.75, 3.05) is 26.8 Å². The molecule has 0 saturated heterocycles. The van der Waals surface area contributed by atoms with Gasteiger partial charge in [0.25, 0.3) is 0 Å². The summed E-state index contributed by atoms with van der Waals surface area (Å²) in [5, 5.41) is 2.07. The summed E-state index contributed by atoms with van der Waals surface area (Å²) in [5.41, 5.74) is 1.13. The van der Waals surface area contributed by atoms with Gasteiger partial charge in [-0.15, -0.1) is 11.3 Å². The fraction of sp³-hybridized carbons (Fsp3) is 0.520. The van der Waals surface area contributed by atoms with Gasteiger partial charge in [-0.05, 0) is 48.9 Å².